The van der Waals surface area contributed by atoms with E-state index in [-0.39, 0.29) is 0 Å². The van der Waals surface area contributed by atoms with E-state index in [1.54, 1.807) is 24.9 Å². The maximum absolute atomic E-state index is 10.7. The molecule has 0 radical (unpaired) electrons. The summed E-state index contributed by atoms with van der Waals surface area (Å²) in [5.74, 6) is 0.0406. The van der Waals surface area contributed by atoms with Crippen LogP contribution < -0.4 is 16.8 Å². The molecule has 0 aromatic carbocycles. The van der Waals surface area contributed by atoms with Gasteiger partial charge < -0.3 is 16.8 Å². The zero-order valence-electron chi connectivity index (χ0n) is 7.61. The first kappa shape index (κ1) is 9.37. The number of anilines is 2. The third-order valence-corrected chi connectivity index (χ3v) is 1.64. The molecule has 5 N–H and O–H groups in total. The molecule has 1 aromatic heterocycles. The molecule has 1 aromatic rings. The Labute approximate surface area is 75.9 Å². The predicted molar refractivity (Wildman–Crippen MR) is 49.9 cm³/mol. The van der Waals surface area contributed by atoms with Gasteiger partial charge in [-0.15, -0.1) is 0 Å². The number of nitrogens with zero attached hydrogens (tertiary/aromatic N) is 2. The van der Waals surface area contributed by atoms with Gasteiger partial charge in [-0.2, -0.15) is 5.10 Å². The zero-order chi connectivity index (χ0) is 10.0. The van der Waals surface area contributed by atoms with Crippen LogP contribution in [-0.4, -0.2) is 21.7 Å². The van der Waals surface area contributed by atoms with E-state index in [0.29, 0.717) is 11.5 Å². The number of amides is 1. The maximum atomic E-state index is 10.7. The lowest BCUT2D eigenvalue weighted by molar-refractivity contribution is -0.118. The average Bonchev–Trinajstić information content (AvgIpc) is 2.30. The highest BCUT2D eigenvalue weighted by Crippen LogP contribution is 2.14. The number of nitrogens with one attached hydrogen (secondary N) is 1. The van der Waals surface area contributed by atoms with E-state index < -0.39 is 11.9 Å². The van der Waals surface area contributed by atoms with Crippen molar-refractivity contribution in [3.05, 3.63) is 6.20 Å². The fourth-order valence-electron chi connectivity index (χ4n) is 0.895. The Kier molecular flexibility index (Phi) is 2.41. The van der Waals surface area contributed by atoms with E-state index in [0.717, 1.165) is 0 Å². The summed E-state index contributed by atoms with van der Waals surface area (Å²) in [7, 11) is 1.75. The summed E-state index contributed by atoms with van der Waals surface area (Å²) in [5, 5.41) is 6.80. The minimum Gasteiger partial charge on any atom is -0.394 e. The Morgan fingerprint density at radius 1 is 1.77 bits per heavy atom. The minimum absolute atomic E-state index is 0.440. The van der Waals surface area contributed by atoms with Gasteiger partial charge in [0.05, 0.1) is 5.69 Å². The Morgan fingerprint density at radius 2 is 2.38 bits per heavy atom. The second-order valence-corrected chi connectivity index (χ2v) is 2.88. The average molecular weight is 183 g/mol. The number of carbonyl (C=O) groups is 1. The lowest BCUT2D eigenvalue weighted by Crippen LogP contribution is -2.32. The normalized spacial score (nSPS) is 12.5. The third kappa shape index (κ3) is 2.11. The molecule has 1 amide bonds. The number of nitrogens with two attached hydrogens (primary N) is 2. The number of hydrogen-bond donors (Lipinski definition) is 3. The maximum Gasteiger partial charge on any atom is 0.239 e. The van der Waals surface area contributed by atoms with Gasteiger partial charge in [0.1, 0.15) is 6.04 Å². The number of aromatic nitrogens is 2. The number of hydrogen-bond acceptors (Lipinski definition) is 4. The number of nitrogen functional groups attached to an aromatic ring is 1. The van der Waals surface area contributed by atoms with E-state index >= 15 is 0 Å². The lowest BCUT2D eigenvalue weighted by Gasteiger charge is -2.08. The fourth-order valence-corrected chi connectivity index (χ4v) is 0.895. The molecule has 1 heterocycles. The highest BCUT2D eigenvalue weighted by Gasteiger charge is 2.11. The molecule has 1 atom stereocenters. The second-order valence-electron chi connectivity index (χ2n) is 2.88. The van der Waals surface area contributed by atoms with Crippen LogP contribution in [0, 0.1) is 0 Å². The van der Waals surface area contributed by atoms with Crippen molar-refractivity contribution >= 4 is 17.4 Å². The van der Waals surface area contributed by atoms with Crippen molar-refractivity contribution in [2.75, 3.05) is 11.1 Å². The van der Waals surface area contributed by atoms with Crippen molar-refractivity contribution in [1.29, 1.82) is 0 Å². The molecule has 13 heavy (non-hydrogen) atoms. The summed E-state index contributed by atoms with van der Waals surface area (Å²) in [6.45, 7) is 1.65. The fraction of sp³-hybridized carbons (Fsp3) is 0.429. The van der Waals surface area contributed by atoms with Crippen LogP contribution >= 0.6 is 0 Å². The molecule has 6 heteroatoms. The van der Waals surface area contributed by atoms with Crippen LogP contribution in [0.4, 0.5) is 11.5 Å². The van der Waals surface area contributed by atoms with Gasteiger partial charge in [0, 0.05) is 13.2 Å². The molecule has 0 saturated heterocycles. The van der Waals surface area contributed by atoms with Crippen LogP contribution in [0.2, 0.25) is 0 Å². The minimum atomic E-state index is -0.475. The van der Waals surface area contributed by atoms with E-state index in [9.17, 15) is 4.79 Å². The summed E-state index contributed by atoms with van der Waals surface area (Å²) >= 11 is 0. The molecule has 72 valence electrons. The smallest absolute Gasteiger partial charge is 0.239 e. The van der Waals surface area contributed by atoms with Crippen molar-refractivity contribution < 1.29 is 4.79 Å². The Balaban J connectivity index is 2.74. The van der Waals surface area contributed by atoms with Crippen LogP contribution in [0.1, 0.15) is 6.92 Å². The summed E-state index contributed by atoms with van der Waals surface area (Å²) < 4.78 is 1.56. The van der Waals surface area contributed by atoms with Gasteiger partial charge in [0.15, 0.2) is 5.82 Å². The van der Waals surface area contributed by atoms with E-state index in [1.165, 1.54) is 0 Å². The van der Waals surface area contributed by atoms with Crippen LogP contribution in [0.3, 0.4) is 0 Å². The van der Waals surface area contributed by atoms with Gasteiger partial charge in [-0.1, -0.05) is 0 Å². The third-order valence-electron chi connectivity index (χ3n) is 1.64. The van der Waals surface area contributed by atoms with Crippen molar-refractivity contribution in [1.82, 2.24) is 9.78 Å². The van der Waals surface area contributed by atoms with Crippen molar-refractivity contribution in [3.63, 3.8) is 0 Å². The number of aryl methyl sites for hydroxylation is 1. The highest BCUT2D eigenvalue weighted by molar-refractivity contribution is 5.83. The van der Waals surface area contributed by atoms with E-state index in [1.807, 2.05) is 0 Å². The van der Waals surface area contributed by atoms with Crippen molar-refractivity contribution in [2.45, 2.75) is 13.0 Å². The summed E-state index contributed by atoms with van der Waals surface area (Å²) in [6, 6.07) is -0.475. The van der Waals surface area contributed by atoms with Crippen molar-refractivity contribution in [2.24, 2.45) is 12.8 Å². The van der Waals surface area contributed by atoms with Crippen LogP contribution in [0.25, 0.3) is 0 Å². The monoisotopic (exact) mass is 183 g/mol. The lowest BCUT2D eigenvalue weighted by atomic mass is 10.3. The molecule has 0 aliphatic rings. The van der Waals surface area contributed by atoms with Crippen LogP contribution in [0.5, 0.6) is 0 Å². The van der Waals surface area contributed by atoms with Gasteiger partial charge in [0.2, 0.25) is 5.91 Å². The molecule has 0 bridgehead atoms. The highest BCUT2D eigenvalue weighted by atomic mass is 16.1. The largest absolute Gasteiger partial charge is 0.394 e. The molecular weight excluding hydrogens is 170 g/mol. The standard InChI is InChI=1S/C7H13N5O/c1-4(6(9)13)10-7-5(8)3-12(2)11-7/h3-4H,8H2,1-2H3,(H2,9,13)(H,10,11). The zero-order valence-corrected chi connectivity index (χ0v) is 7.61. The predicted octanol–water partition coefficient (Wildman–Crippen LogP) is -0.712. The van der Waals surface area contributed by atoms with Crippen molar-refractivity contribution in [3.8, 4) is 0 Å². The first-order valence-electron chi connectivity index (χ1n) is 3.85. The van der Waals surface area contributed by atoms with E-state index in [2.05, 4.69) is 10.4 Å². The SMILES string of the molecule is CC(Nc1nn(C)cc1N)C(N)=O. The van der Waals surface area contributed by atoms with Gasteiger partial charge in [-0.25, -0.2) is 0 Å². The van der Waals surface area contributed by atoms with Gasteiger partial charge in [-0.05, 0) is 6.92 Å². The van der Waals surface area contributed by atoms with Gasteiger partial charge >= 0.3 is 0 Å². The summed E-state index contributed by atoms with van der Waals surface area (Å²) in [5.41, 5.74) is 11.2. The topological polar surface area (TPSA) is 99.0 Å². The molecule has 0 spiro atoms. The van der Waals surface area contributed by atoms with Crippen LogP contribution in [-0.2, 0) is 11.8 Å². The van der Waals surface area contributed by atoms with Gasteiger partial charge in [0.25, 0.3) is 0 Å². The molecular formula is C7H13N5O. The number of carbonyl (C=O) groups excluding carboxylic acids is 1. The summed E-state index contributed by atoms with van der Waals surface area (Å²) in [6.07, 6.45) is 1.65. The Bertz CT molecular complexity index is 319. The number of rotatable bonds is 3. The molecule has 0 saturated carbocycles. The first-order chi connectivity index (χ1) is 6.00. The Morgan fingerprint density at radius 3 is 2.77 bits per heavy atom. The molecule has 6 nitrogen and oxygen atoms in total. The second kappa shape index (κ2) is 3.34. The Hall–Kier alpha value is -1.72. The number of primary amides is 1. The van der Waals surface area contributed by atoms with Crippen LogP contribution in [0.15, 0.2) is 6.20 Å². The molecule has 1 rings (SSSR count). The molecule has 0 fully saturated rings. The van der Waals surface area contributed by atoms with E-state index in [4.69, 9.17) is 11.5 Å². The molecule has 0 aliphatic carbocycles. The molecule has 1 unspecified atom stereocenters. The first-order valence-corrected chi connectivity index (χ1v) is 3.85. The quantitative estimate of drug-likeness (QED) is 0.576. The molecule has 0 aliphatic heterocycles. The summed E-state index contributed by atoms with van der Waals surface area (Å²) in [4.78, 5) is 10.7. The van der Waals surface area contributed by atoms with Gasteiger partial charge in [-0.3, -0.25) is 9.48 Å².